The van der Waals surface area contributed by atoms with Crippen LogP contribution in [0, 0.1) is 5.92 Å². The third-order valence-corrected chi connectivity index (χ3v) is 3.75. The molecule has 1 atom stereocenters. The van der Waals surface area contributed by atoms with Gasteiger partial charge >= 0.3 is 0 Å². The summed E-state index contributed by atoms with van der Waals surface area (Å²) >= 11 is 0. The van der Waals surface area contributed by atoms with Gasteiger partial charge in [-0.3, -0.25) is 0 Å². The highest BCUT2D eigenvalue weighted by Gasteiger charge is 2.27. The molecule has 1 saturated carbocycles. The first-order chi connectivity index (χ1) is 9.58. The molecule has 0 radical (unpaired) electrons. The molecule has 2 rings (SSSR count). The number of nitrogens with zero attached hydrogens (tertiary/aromatic N) is 2. The average Bonchev–Trinajstić information content (AvgIpc) is 3.22. The lowest BCUT2D eigenvalue weighted by molar-refractivity contribution is 0.520. The van der Waals surface area contributed by atoms with Gasteiger partial charge in [0.1, 0.15) is 17.5 Å². The van der Waals surface area contributed by atoms with Gasteiger partial charge in [0.2, 0.25) is 0 Å². The Morgan fingerprint density at radius 3 is 2.45 bits per heavy atom. The smallest absolute Gasteiger partial charge is 0.136 e. The zero-order valence-electron chi connectivity index (χ0n) is 13.2. The fourth-order valence-corrected chi connectivity index (χ4v) is 2.35. The molecule has 20 heavy (non-hydrogen) atoms. The maximum Gasteiger partial charge on any atom is 0.136 e. The monoisotopic (exact) mass is 276 g/mol. The molecule has 1 aromatic rings. The summed E-state index contributed by atoms with van der Waals surface area (Å²) < 4.78 is 0. The van der Waals surface area contributed by atoms with Crippen molar-refractivity contribution in [2.24, 2.45) is 5.92 Å². The molecule has 1 unspecified atom stereocenters. The van der Waals surface area contributed by atoms with E-state index in [0.29, 0.717) is 12.0 Å². The minimum Gasteiger partial charge on any atom is -0.373 e. The van der Waals surface area contributed by atoms with Crippen LogP contribution in [0.3, 0.4) is 0 Å². The fraction of sp³-hybridized carbons (Fsp3) is 0.750. The van der Waals surface area contributed by atoms with Gasteiger partial charge in [0.05, 0.1) is 0 Å². The van der Waals surface area contributed by atoms with Gasteiger partial charge in [0.15, 0.2) is 0 Å². The first-order valence-corrected chi connectivity index (χ1v) is 7.91. The summed E-state index contributed by atoms with van der Waals surface area (Å²) in [5.74, 6) is 4.24. The number of anilines is 2. The summed E-state index contributed by atoms with van der Waals surface area (Å²) in [6.45, 7) is 6.80. The van der Waals surface area contributed by atoms with Gasteiger partial charge < -0.3 is 10.6 Å². The normalized spacial score (nSPS) is 16.2. The number of hydrogen-bond acceptors (Lipinski definition) is 4. The van der Waals surface area contributed by atoms with Gasteiger partial charge in [-0.2, -0.15) is 0 Å². The average molecular weight is 276 g/mol. The molecule has 0 saturated heterocycles. The molecule has 0 spiro atoms. The molecule has 1 fully saturated rings. The van der Waals surface area contributed by atoms with Gasteiger partial charge in [0, 0.05) is 25.1 Å². The Balaban J connectivity index is 1.92. The van der Waals surface area contributed by atoms with Crippen molar-refractivity contribution in [3.8, 4) is 0 Å². The summed E-state index contributed by atoms with van der Waals surface area (Å²) in [6.07, 6.45) is 6.22. The Hall–Kier alpha value is -1.32. The molecule has 1 aliphatic carbocycles. The molecular formula is C16H28N4. The molecule has 4 nitrogen and oxygen atoms in total. The second-order valence-electron chi connectivity index (χ2n) is 6.39. The molecular weight excluding hydrogens is 248 g/mol. The molecule has 1 aromatic heterocycles. The highest BCUT2D eigenvalue weighted by Crippen LogP contribution is 2.38. The van der Waals surface area contributed by atoms with Crippen LogP contribution in [0.15, 0.2) is 6.07 Å². The largest absolute Gasteiger partial charge is 0.373 e. The van der Waals surface area contributed by atoms with E-state index in [1.54, 1.807) is 0 Å². The van der Waals surface area contributed by atoms with Crippen LogP contribution in [0.25, 0.3) is 0 Å². The van der Waals surface area contributed by atoms with E-state index in [9.17, 15) is 0 Å². The first kappa shape index (κ1) is 15.1. The van der Waals surface area contributed by atoms with E-state index in [4.69, 9.17) is 0 Å². The van der Waals surface area contributed by atoms with Gasteiger partial charge in [-0.15, -0.1) is 0 Å². The minimum absolute atomic E-state index is 0.459. The lowest BCUT2D eigenvalue weighted by Gasteiger charge is -2.16. The van der Waals surface area contributed by atoms with Crippen molar-refractivity contribution in [1.82, 2.24) is 9.97 Å². The van der Waals surface area contributed by atoms with E-state index in [2.05, 4.69) is 41.4 Å². The summed E-state index contributed by atoms with van der Waals surface area (Å²) in [4.78, 5) is 9.21. The fourth-order valence-electron chi connectivity index (χ4n) is 2.35. The van der Waals surface area contributed by atoms with E-state index in [-0.39, 0.29) is 0 Å². The third kappa shape index (κ3) is 4.66. The Kier molecular flexibility index (Phi) is 5.21. The predicted molar refractivity (Wildman–Crippen MR) is 85.3 cm³/mol. The van der Waals surface area contributed by atoms with Crippen LogP contribution < -0.4 is 10.6 Å². The van der Waals surface area contributed by atoms with Crippen LogP contribution in [0.5, 0.6) is 0 Å². The summed E-state index contributed by atoms with van der Waals surface area (Å²) in [5, 5.41) is 6.65. The van der Waals surface area contributed by atoms with Crippen LogP contribution >= 0.6 is 0 Å². The van der Waals surface area contributed by atoms with Crippen molar-refractivity contribution in [3.05, 3.63) is 11.9 Å². The lowest BCUT2D eigenvalue weighted by Crippen LogP contribution is -2.17. The number of hydrogen-bond donors (Lipinski definition) is 2. The molecule has 1 aliphatic rings. The van der Waals surface area contributed by atoms with Crippen LogP contribution in [0.4, 0.5) is 11.6 Å². The SMILES string of the molecule is CNc1cc(NC(C)CCCC(C)C)nc(C2CC2)n1. The van der Waals surface area contributed by atoms with Crippen molar-refractivity contribution in [2.45, 2.75) is 64.8 Å². The van der Waals surface area contributed by atoms with Gasteiger partial charge in [-0.25, -0.2) is 9.97 Å². The van der Waals surface area contributed by atoms with Crippen LogP contribution in [0.2, 0.25) is 0 Å². The minimum atomic E-state index is 0.459. The predicted octanol–water partition coefficient (Wildman–Crippen LogP) is 4.02. The zero-order chi connectivity index (χ0) is 14.5. The maximum absolute atomic E-state index is 4.66. The molecule has 1 heterocycles. The third-order valence-electron chi connectivity index (χ3n) is 3.75. The van der Waals surface area contributed by atoms with Crippen molar-refractivity contribution in [1.29, 1.82) is 0 Å². The molecule has 0 bridgehead atoms. The van der Waals surface area contributed by atoms with Crippen LogP contribution in [0.1, 0.15) is 64.6 Å². The summed E-state index contributed by atoms with van der Waals surface area (Å²) in [6, 6.07) is 2.46. The molecule has 2 N–H and O–H groups in total. The van der Waals surface area contributed by atoms with Gasteiger partial charge in [-0.1, -0.05) is 26.7 Å². The Morgan fingerprint density at radius 1 is 1.15 bits per heavy atom. The summed E-state index contributed by atoms with van der Waals surface area (Å²) in [5.41, 5.74) is 0. The Bertz CT molecular complexity index is 426. The van der Waals surface area contributed by atoms with Crippen molar-refractivity contribution < 1.29 is 0 Å². The molecule has 0 aromatic carbocycles. The molecule has 112 valence electrons. The lowest BCUT2D eigenvalue weighted by atomic mass is 10.0. The van der Waals surface area contributed by atoms with E-state index in [1.165, 1.54) is 32.1 Å². The Labute approximate surface area is 122 Å². The van der Waals surface area contributed by atoms with Crippen LogP contribution in [-0.4, -0.2) is 23.1 Å². The molecule has 4 heteroatoms. The maximum atomic E-state index is 4.66. The second kappa shape index (κ2) is 6.91. The standard InChI is InChI=1S/C16H28N4/c1-11(2)6-5-7-12(3)18-15-10-14(17-4)19-16(20-15)13-8-9-13/h10-13H,5-9H2,1-4H3,(H2,17,18,19,20). The number of nitrogens with one attached hydrogen (secondary N) is 2. The number of rotatable bonds is 8. The Morgan fingerprint density at radius 2 is 1.85 bits per heavy atom. The van der Waals surface area contributed by atoms with E-state index in [1.807, 2.05) is 13.1 Å². The van der Waals surface area contributed by atoms with Gasteiger partial charge in [-0.05, 0) is 32.1 Å². The first-order valence-electron chi connectivity index (χ1n) is 7.91. The van der Waals surface area contributed by atoms with Crippen molar-refractivity contribution >= 4 is 11.6 Å². The number of aromatic nitrogens is 2. The van der Waals surface area contributed by atoms with E-state index < -0.39 is 0 Å². The van der Waals surface area contributed by atoms with Crippen LogP contribution in [-0.2, 0) is 0 Å². The highest BCUT2D eigenvalue weighted by molar-refractivity contribution is 5.48. The van der Waals surface area contributed by atoms with E-state index in [0.717, 1.165) is 23.4 Å². The van der Waals surface area contributed by atoms with E-state index >= 15 is 0 Å². The zero-order valence-corrected chi connectivity index (χ0v) is 13.2. The van der Waals surface area contributed by atoms with Crippen molar-refractivity contribution in [3.63, 3.8) is 0 Å². The second-order valence-corrected chi connectivity index (χ2v) is 6.39. The quantitative estimate of drug-likeness (QED) is 0.753. The summed E-state index contributed by atoms with van der Waals surface area (Å²) in [7, 11) is 1.91. The highest BCUT2D eigenvalue weighted by atomic mass is 15.1. The topological polar surface area (TPSA) is 49.8 Å². The van der Waals surface area contributed by atoms with Gasteiger partial charge in [0.25, 0.3) is 0 Å². The molecule has 0 amide bonds. The van der Waals surface area contributed by atoms with Crippen molar-refractivity contribution in [2.75, 3.05) is 17.7 Å². The molecule has 0 aliphatic heterocycles.